The van der Waals surface area contributed by atoms with E-state index in [4.69, 9.17) is 4.52 Å². The number of amides is 2. The van der Waals surface area contributed by atoms with E-state index in [0.717, 1.165) is 16.7 Å². The van der Waals surface area contributed by atoms with Gasteiger partial charge in [-0.15, -0.1) is 0 Å². The van der Waals surface area contributed by atoms with Crippen molar-refractivity contribution in [1.29, 1.82) is 0 Å². The van der Waals surface area contributed by atoms with Crippen molar-refractivity contribution < 1.29 is 14.1 Å². The lowest BCUT2D eigenvalue weighted by molar-refractivity contribution is -0.151. The molecule has 1 aliphatic rings. The van der Waals surface area contributed by atoms with Crippen molar-refractivity contribution in [3.8, 4) is 0 Å². The topological polar surface area (TPSA) is 79.5 Å². The number of piperazine rings is 1. The maximum atomic E-state index is 13.4. The molecule has 0 N–H and O–H groups in total. The number of rotatable bonds is 6. The minimum Gasteiger partial charge on any atom is -0.339 e. The molecule has 2 amide bonds. The molecule has 1 atom stereocenters. The fourth-order valence-electron chi connectivity index (χ4n) is 3.87. The minimum absolute atomic E-state index is 0.0715. The van der Waals surface area contributed by atoms with Gasteiger partial charge in [0, 0.05) is 19.6 Å². The summed E-state index contributed by atoms with van der Waals surface area (Å²) in [4.78, 5) is 34.3. The molecule has 3 aromatic rings. The second kappa shape index (κ2) is 9.12. The van der Waals surface area contributed by atoms with Gasteiger partial charge in [0.25, 0.3) is 0 Å². The molecule has 1 aliphatic heterocycles. The Labute approximate surface area is 181 Å². The molecule has 4 rings (SSSR count). The first kappa shape index (κ1) is 20.8. The lowest BCUT2D eigenvalue weighted by atomic mass is 10.0. The van der Waals surface area contributed by atoms with Crippen LogP contribution in [0.5, 0.6) is 0 Å². The molecule has 31 heavy (non-hydrogen) atoms. The predicted molar refractivity (Wildman–Crippen MR) is 115 cm³/mol. The molecule has 2 aromatic carbocycles. The molecule has 0 aliphatic carbocycles. The number of benzene rings is 2. The number of hydrogen-bond donors (Lipinski definition) is 0. The average Bonchev–Trinajstić information content (AvgIpc) is 3.18. The average molecular weight is 418 g/mol. The van der Waals surface area contributed by atoms with Gasteiger partial charge in [0.05, 0.1) is 12.8 Å². The number of nitrogens with zero attached hydrogens (tertiary/aromatic N) is 4. The van der Waals surface area contributed by atoms with Gasteiger partial charge in [-0.2, -0.15) is 4.98 Å². The fraction of sp³-hybridized carbons (Fsp3) is 0.333. The molecule has 1 fully saturated rings. The first-order valence-corrected chi connectivity index (χ1v) is 10.5. The second-order valence-electron chi connectivity index (χ2n) is 7.95. The maximum Gasteiger partial charge on any atom is 0.246 e. The molecule has 2 heterocycles. The van der Waals surface area contributed by atoms with Crippen molar-refractivity contribution in [2.45, 2.75) is 39.3 Å². The highest BCUT2D eigenvalue weighted by molar-refractivity contribution is 5.89. The summed E-state index contributed by atoms with van der Waals surface area (Å²) in [5, 5.41) is 3.83. The van der Waals surface area contributed by atoms with E-state index >= 15 is 0 Å². The van der Waals surface area contributed by atoms with Crippen LogP contribution < -0.4 is 0 Å². The molecular formula is C24H26N4O3. The van der Waals surface area contributed by atoms with Gasteiger partial charge in [0.2, 0.25) is 17.7 Å². The summed E-state index contributed by atoms with van der Waals surface area (Å²) in [5.41, 5.74) is 3.13. The van der Waals surface area contributed by atoms with Crippen LogP contribution in [0.2, 0.25) is 0 Å². The van der Waals surface area contributed by atoms with Gasteiger partial charge in [0.1, 0.15) is 6.04 Å². The van der Waals surface area contributed by atoms with E-state index in [1.54, 1.807) is 16.7 Å². The molecule has 0 spiro atoms. The summed E-state index contributed by atoms with van der Waals surface area (Å²) in [7, 11) is 0. The Morgan fingerprint density at radius 3 is 2.45 bits per heavy atom. The van der Waals surface area contributed by atoms with Gasteiger partial charge in [0.15, 0.2) is 5.82 Å². The molecular weight excluding hydrogens is 392 g/mol. The number of hydrogen-bond acceptors (Lipinski definition) is 5. The van der Waals surface area contributed by atoms with Gasteiger partial charge >= 0.3 is 0 Å². The lowest BCUT2D eigenvalue weighted by Gasteiger charge is -2.40. The highest BCUT2D eigenvalue weighted by Crippen LogP contribution is 2.20. The number of aryl methyl sites for hydroxylation is 2. The zero-order chi connectivity index (χ0) is 21.8. The first-order chi connectivity index (χ1) is 15.0. The number of carbonyl (C=O) groups excluding carboxylic acids is 2. The standard InChI is InChI=1S/C24H26N4O3/c1-17-8-10-19(11-9-17)14-23(29)28-13-12-27(16-20-6-4-3-5-7-20)24(30)21(28)15-22-25-18(2)26-31-22/h3-11,21H,12-16H2,1-2H3. The third kappa shape index (κ3) is 4.99. The molecule has 0 radical (unpaired) electrons. The normalized spacial score (nSPS) is 16.6. The van der Waals surface area contributed by atoms with Gasteiger partial charge in [-0.25, -0.2) is 0 Å². The van der Waals surface area contributed by atoms with Gasteiger partial charge < -0.3 is 14.3 Å². The summed E-state index contributed by atoms with van der Waals surface area (Å²) in [5.74, 6) is 0.712. The van der Waals surface area contributed by atoms with E-state index in [2.05, 4.69) is 10.1 Å². The monoisotopic (exact) mass is 418 g/mol. The van der Waals surface area contributed by atoms with E-state index < -0.39 is 6.04 Å². The molecule has 160 valence electrons. The first-order valence-electron chi connectivity index (χ1n) is 10.5. The number of carbonyl (C=O) groups is 2. The van der Waals surface area contributed by atoms with Crippen molar-refractivity contribution in [2.24, 2.45) is 0 Å². The fourth-order valence-corrected chi connectivity index (χ4v) is 3.87. The van der Waals surface area contributed by atoms with Crippen LogP contribution in [0.1, 0.15) is 28.4 Å². The van der Waals surface area contributed by atoms with Crippen molar-refractivity contribution in [2.75, 3.05) is 13.1 Å². The zero-order valence-corrected chi connectivity index (χ0v) is 17.8. The van der Waals surface area contributed by atoms with Gasteiger partial charge in [-0.3, -0.25) is 9.59 Å². The summed E-state index contributed by atoms with van der Waals surface area (Å²) in [6.07, 6.45) is 0.468. The Kier molecular flexibility index (Phi) is 6.11. The van der Waals surface area contributed by atoms with Crippen LogP contribution in [0.3, 0.4) is 0 Å². The smallest absolute Gasteiger partial charge is 0.246 e. The molecule has 7 heteroatoms. The van der Waals surface area contributed by atoms with E-state index in [1.165, 1.54) is 0 Å². The Hall–Kier alpha value is -3.48. The van der Waals surface area contributed by atoms with Crippen LogP contribution in [-0.2, 0) is 29.0 Å². The third-order valence-electron chi connectivity index (χ3n) is 5.53. The van der Waals surface area contributed by atoms with Gasteiger partial charge in [-0.05, 0) is 25.0 Å². The quantitative estimate of drug-likeness (QED) is 0.615. The molecule has 1 aromatic heterocycles. The van der Waals surface area contributed by atoms with Crippen LogP contribution in [0, 0.1) is 13.8 Å². The van der Waals surface area contributed by atoms with Crippen molar-refractivity contribution in [3.63, 3.8) is 0 Å². The van der Waals surface area contributed by atoms with Gasteiger partial charge in [-0.1, -0.05) is 65.3 Å². The Morgan fingerprint density at radius 2 is 1.77 bits per heavy atom. The SMILES string of the molecule is Cc1ccc(CC(=O)N2CCN(Cc3ccccc3)C(=O)C2Cc2nc(C)no2)cc1. The summed E-state index contributed by atoms with van der Waals surface area (Å²) >= 11 is 0. The Bertz CT molecular complexity index is 1050. The van der Waals surface area contributed by atoms with E-state index in [9.17, 15) is 9.59 Å². The van der Waals surface area contributed by atoms with Crippen LogP contribution in [0.4, 0.5) is 0 Å². The van der Waals surface area contributed by atoms with Crippen molar-refractivity contribution in [1.82, 2.24) is 19.9 Å². The Morgan fingerprint density at radius 1 is 1.03 bits per heavy atom. The summed E-state index contributed by atoms with van der Waals surface area (Å²) < 4.78 is 5.26. The summed E-state index contributed by atoms with van der Waals surface area (Å²) in [6, 6.07) is 17.1. The van der Waals surface area contributed by atoms with Crippen LogP contribution in [0.15, 0.2) is 59.1 Å². The molecule has 1 unspecified atom stereocenters. The van der Waals surface area contributed by atoms with E-state index in [0.29, 0.717) is 31.3 Å². The minimum atomic E-state index is -0.657. The molecule has 0 saturated carbocycles. The second-order valence-corrected chi connectivity index (χ2v) is 7.95. The van der Waals surface area contributed by atoms with Crippen molar-refractivity contribution in [3.05, 3.63) is 83.0 Å². The predicted octanol–water partition coefficient (Wildman–Crippen LogP) is 2.71. The highest BCUT2D eigenvalue weighted by atomic mass is 16.5. The van der Waals surface area contributed by atoms with E-state index in [1.807, 2.05) is 61.5 Å². The lowest BCUT2D eigenvalue weighted by Crippen LogP contribution is -2.59. The van der Waals surface area contributed by atoms with Crippen LogP contribution in [-0.4, -0.2) is 50.9 Å². The molecule has 0 bridgehead atoms. The Balaban J connectivity index is 1.54. The molecule has 1 saturated heterocycles. The zero-order valence-electron chi connectivity index (χ0n) is 17.8. The van der Waals surface area contributed by atoms with Crippen molar-refractivity contribution >= 4 is 11.8 Å². The highest BCUT2D eigenvalue weighted by Gasteiger charge is 2.38. The van der Waals surface area contributed by atoms with Crippen LogP contribution >= 0.6 is 0 Å². The largest absolute Gasteiger partial charge is 0.339 e. The third-order valence-corrected chi connectivity index (χ3v) is 5.53. The molecule has 7 nitrogen and oxygen atoms in total. The summed E-state index contributed by atoms with van der Waals surface area (Å²) in [6.45, 7) is 5.23. The van der Waals surface area contributed by atoms with Crippen LogP contribution in [0.25, 0.3) is 0 Å². The maximum absolute atomic E-state index is 13.4. The van der Waals surface area contributed by atoms with E-state index in [-0.39, 0.29) is 24.7 Å². The number of aromatic nitrogens is 2.